The Balaban J connectivity index is 1.45. The molecule has 4 rings (SSSR count). The van der Waals surface area contributed by atoms with Crippen LogP contribution in [0.15, 0.2) is 47.6 Å². The number of rotatable bonds is 4. The topological polar surface area (TPSA) is 95.9 Å². The second kappa shape index (κ2) is 8.44. The van der Waals surface area contributed by atoms with Crippen LogP contribution in [0, 0.1) is 0 Å². The van der Waals surface area contributed by atoms with Gasteiger partial charge in [-0.1, -0.05) is 6.07 Å². The number of sulfonamides is 1. The van der Waals surface area contributed by atoms with Gasteiger partial charge in [0.2, 0.25) is 16.0 Å². The summed E-state index contributed by atoms with van der Waals surface area (Å²) in [7, 11) is -3.64. The molecule has 29 heavy (non-hydrogen) atoms. The molecule has 1 aromatic carbocycles. The van der Waals surface area contributed by atoms with E-state index >= 15 is 0 Å². The normalized spacial score (nSPS) is 18.6. The molecule has 2 fully saturated rings. The quantitative estimate of drug-likeness (QED) is 0.713. The molecule has 154 valence electrons. The molecule has 1 aromatic heterocycles. The zero-order chi connectivity index (χ0) is 20.3. The number of amides is 1. The third kappa shape index (κ3) is 4.24. The lowest BCUT2D eigenvalue weighted by Crippen LogP contribution is -2.49. The predicted molar refractivity (Wildman–Crippen MR) is 106 cm³/mol. The van der Waals surface area contributed by atoms with Gasteiger partial charge in [0.05, 0.1) is 18.1 Å². The zero-order valence-corrected chi connectivity index (χ0v) is 16.8. The Kier molecular flexibility index (Phi) is 5.74. The Bertz CT molecular complexity index is 956. The molecule has 0 unspecified atom stereocenters. The van der Waals surface area contributed by atoms with Crippen molar-refractivity contribution < 1.29 is 17.9 Å². The van der Waals surface area contributed by atoms with Crippen molar-refractivity contribution >= 4 is 21.9 Å². The summed E-state index contributed by atoms with van der Waals surface area (Å²) in [6.07, 6.45) is 3.39. The number of hydrogen-bond donors (Lipinski definition) is 0. The molecule has 2 aliphatic rings. The number of carbonyl (C=O) groups is 1. The van der Waals surface area contributed by atoms with E-state index in [1.54, 1.807) is 35.5 Å². The number of morpholine rings is 1. The highest BCUT2D eigenvalue weighted by atomic mass is 32.2. The maximum atomic E-state index is 12.9. The average molecular weight is 417 g/mol. The van der Waals surface area contributed by atoms with Gasteiger partial charge < -0.3 is 14.5 Å². The van der Waals surface area contributed by atoms with E-state index in [4.69, 9.17) is 4.74 Å². The van der Waals surface area contributed by atoms with Crippen molar-refractivity contribution in [3.63, 3.8) is 0 Å². The molecule has 0 aliphatic carbocycles. The maximum absolute atomic E-state index is 12.9. The van der Waals surface area contributed by atoms with E-state index in [1.807, 2.05) is 4.90 Å². The highest BCUT2D eigenvalue weighted by Gasteiger charge is 2.28. The van der Waals surface area contributed by atoms with E-state index in [2.05, 4.69) is 9.97 Å². The third-order valence-electron chi connectivity index (χ3n) is 5.09. The molecule has 10 heteroatoms. The molecule has 1 amide bonds. The number of ether oxygens (including phenoxy) is 1. The van der Waals surface area contributed by atoms with Crippen molar-refractivity contribution in [2.75, 3.05) is 57.4 Å². The van der Waals surface area contributed by atoms with Gasteiger partial charge in [-0.15, -0.1) is 0 Å². The molecule has 2 saturated heterocycles. The molecule has 0 bridgehead atoms. The molecular weight excluding hydrogens is 394 g/mol. The van der Waals surface area contributed by atoms with E-state index in [1.165, 1.54) is 16.4 Å². The van der Waals surface area contributed by atoms with Gasteiger partial charge in [-0.2, -0.15) is 4.31 Å². The highest BCUT2D eigenvalue weighted by molar-refractivity contribution is 7.89. The Morgan fingerprint density at radius 3 is 2.31 bits per heavy atom. The zero-order valence-electron chi connectivity index (χ0n) is 16.0. The minimum Gasteiger partial charge on any atom is -0.379 e. The molecular formula is C19H23N5O4S. The van der Waals surface area contributed by atoms with Crippen molar-refractivity contribution in [3.8, 4) is 0 Å². The molecule has 0 spiro atoms. The molecule has 0 N–H and O–H groups in total. The molecule has 0 saturated carbocycles. The lowest BCUT2D eigenvalue weighted by atomic mass is 10.2. The first-order valence-electron chi connectivity index (χ1n) is 9.55. The van der Waals surface area contributed by atoms with E-state index in [9.17, 15) is 13.2 Å². The predicted octanol–water partition coefficient (Wildman–Crippen LogP) is 0.460. The summed E-state index contributed by atoms with van der Waals surface area (Å²) < 4.78 is 32.4. The molecule has 0 radical (unpaired) electrons. The van der Waals surface area contributed by atoms with Crippen molar-refractivity contribution in [1.82, 2.24) is 19.2 Å². The number of aromatic nitrogens is 2. The van der Waals surface area contributed by atoms with Gasteiger partial charge in [-0.05, 0) is 24.3 Å². The summed E-state index contributed by atoms with van der Waals surface area (Å²) in [6.45, 7) is 3.71. The fourth-order valence-electron chi connectivity index (χ4n) is 3.47. The maximum Gasteiger partial charge on any atom is 0.254 e. The smallest absolute Gasteiger partial charge is 0.254 e. The Hall–Kier alpha value is -2.56. The fraction of sp³-hybridized carbons (Fsp3) is 0.421. The largest absolute Gasteiger partial charge is 0.379 e. The fourth-order valence-corrected chi connectivity index (χ4v) is 4.93. The second-order valence-corrected chi connectivity index (χ2v) is 8.81. The van der Waals surface area contributed by atoms with Crippen LogP contribution in [0.25, 0.3) is 0 Å². The molecule has 2 aliphatic heterocycles. The summed E-state index contributed by atoms with van der Waals surface area (Å²) >= 11 is 0. The minimum absolute atomic E-state index is 0.140. The molecule has 9 nitrogen and oxygen atoms in total. The Morgan fingerprint density at radius 2 is 1.62 bits per heavy atom. The van der Waals surface area contributed by atoms with E-state index in [-0.39, 0.29) is 10.8 Å². The van der Waals surface area contributed by atoms with Gasteiger partial charge in [0.25, 0.3) is 5.91 Å². The number of carbonyl (C=O) groups excluding carboxylic acids is 1. The van der Waals surface area contributed by atoms with E-state index < -0.39 is 10.0 Å². The van der Waals surface area contributed by atoms with Crippen LogP contribution in [0.1, 0.15) is 10.4 Å². The second-order valence-electron chi connectivity index (χ2n) is 6.87. The van der Waals surface area contributed by atoms with Crippen molar-refractivity contribution in [2.45, 2.75) is 4.90 Å². The standard InChI is InChI=1S/C19H23N5O4S/c25-18(22-7-9-23(10-8-22)19-20-5-2-6-21-19)16-3-1-4-17(15-16)29(26,27)24-11-13-28-14-12-24/h1-6,15H,7-14H2. The third-order valence-corrected chi connectivity index (χ3v) is 6.99. The van der Waals surface area contributed by atoms with Crippen LogP contribution in [0.3, 0.4) is 0 Å². The first-order valence-corrected chi connectivity index (χ1v) is 11.0. The van der Waals surface area contributed by atoms with Crippen LogP contribution in [0.5, 0.6) is 0 Å². The molecule has 0 atom stereocenters. The van der Waals surface area contributed by atoms with Gasteiger partial charge in [0, 0.05) is 57.2 Å². The number of anilines is 1. The Labute approximate surface area is 170 Å². The number of benzene rings is 1. The molecule has 3 heterocycles. The van der Waals surface area contributed by atoms with Gasteiger partial charge >= 0.3 is 0 Å². The Morgan fingerprint density at radius 1 is 0.931 bits per heavy atom. The number of nitrogens with zero attached hydrogens (tertiary/aromatic N) is 5. The van der Waals surface area contributed by atoms with E-state index in [0.717, 1.165) is 0 Å². The van der Waals surface area contributed by atoms with Gasteiger partial charge in [-0.3, -0.25) is 4.79 Å². The highest BCUT2D eigenvalue weighted by Crippen LogP contribution is 2.20. The lowest BCUT2D eigenvalue weighted by Gasteiger charge is -2.34. The van der Waals surface area contributed by atoms with Crippen LogP contribution in [-0.2, 0) is 14.8 Å². The first-order chi connectivity index (χ1) is 14.1. The number of piperazine rings is 1. The van der Waals surface area contributed by atoms with Crippen LogP contribution < -0.4 is 4.90 Å². The van der Waals surface area contributed by atoms with E-state index in [0.29, 0.717) is 64.0 Å². The average Bonchev–Trinajstić information content (AvgIpc) is 2.80. The monoisotopic (exact) mass is 417 g/mol. The van der Waals surface area contributed by atoms with Crippen molar-refractivity contribution in [1.29, 1.82) is 0 Å². The molecule has 2 aromatic rings. The van der Waals surface area contributed by atoms with Crippen LogP contribution >= 0.6 is 0 Å². The van der Waals surface area contributed by atoms with Gasteiger partial charge in [-0.25, -0.2) is 18.4 Å². The SMILES string of the molecule is O=C(c1cccc(S(=O)(=O)N2CCOCC2)c1)N1CCN(c2ncccn2)CC1. The first kappa shape index (κ1) is 19.7. The summed E-state index contributed by atoms with van der Waals surface area (Å²) in [5.41, 5.74) is 0.378. The summed E-state index contributed by atoms with van der Waals surface area (Å²) in [6, 6.07) is 8.05. The number of hydrogen-bond acceptors (Lipinski definition) is 7. The van der Waals surface area contributed by atoms with Crippen molar-refractivity contribution in [2.24, 2.45) is 0 Å². The lowest BCUT2D eigenvalue weighted by molar-refractivity contribution is 0.0729. The van der Waals surface area contributed by atoms with Crippen molar-refractivity contribution in [3.05, 3.63) is 48.3 Å². The minimum atomic E-state index is -3.64. The summed E-state index contributed by atoms with van der Waals surface area (Å²) in [5.74, 6) is 0.482. The van der Waals surface area contributed by atoms with Gasteiger partial charge in [0.1, 0.15) is 0 Å². The van der Waals surface area contributed by atoms with Crippen LogP contribution in [-0.4, -0.2) is 86.0 Å². The van der Waals surface area contributed by atoms with Gasteiger partial charge in [0.15, 0.2) is 0 Å². The van der Waals surface area contributed by atoms with Crippen LogP contribution in [0.4, 0.5) is 5.95 Å². The van der Waals surface area contributed by atoms with Crippen LogP contribution in [0.2, 0.25) is 0 Å². The summed E-state index contributed by atoms with van der Waals surface area (Å²) in [4.78, 5) is 25.3. The summed E-state index contributed by atoms with van der Waals surface area (Å²) in [5, 5.41) is 0.